The van der Waals surface area contributed by atoms with Crippen molar-refractivity contribution in [3.8, 4) is 0 Å². The maximum atomic E-state index is 13.3. The largest absolute Gasteiger partial charge is 0.393 e. The van der Waals surface area contributed by atoms with Gasteiger partial charge in [0.1, 0.15) is 18.2 Å². The Balaban J connectivity index is 1.39. The predicted molar refractivity (Wildman–Crippen MR) is 116 cm³/mol. The molecule has 0 radical (unpaired) electrons. The number of rotatable bonds is 5. The molecule has 1 fully saturated rings. The summed E-state index contributed by atoms with van der Waals surface area (Å²) in [4.78, 5) is 22.3. The summed E-state index contributed by atoms with van der Waals surface area (Å²) in [7, 11) is 0. The number of ketones is 1. The van der Waals surface area contributed by atoms with Crippen molar-refractivity contribution < 1.29 is 14.6 Å². The van der Waals surface area contributed by atoms with Crippen LogP contribution in [0.3, 0.4) is 0 Å². The second kappa shape index (κ2) is 8.14. The van der Waals surface area contributed by atoms with Crippen LogP contribution < -0.4 is 5.32 Å². The van der Waals surface area contributed by atoms with E-state index in [0.717, 1.165) is 29.8 Å². The first-order chi connectivity index (χ1) is 15.0. The van der Waals surface area contributed by atoms with E-state index in [-0.39, 0.29) is 30.0 Å². The average Bonchev–Trinajstić information content (AvgIpc) is 3.48. The van der Waals surface area contributed by atoms with Gasteiger partial charge in [-0.15, -0.1) is 11.3 Å². The third kappa shape index (κ3) is 3.77. The molecular formula is C22H25N5O3S. The van der Waals surface area contributed by atoms with Gasteiger partial charge in [-0.25, -0.2) is 9.97 Å². The maximum absolute atomic E-state index is 13.3. The van der Waals surface area contributed by atoms with Gasteiger partial charge >= 0.3 is 0 Å². The molecule has 1 saturated carbocycles. The highest BCUT2D eigenvalue weighted by Gasteiger charge is 2.31. The standard InChI is InChI=1S/C22H25N5O3S/c1-12-5-15(7-17(12)28)26-22-16(9-23-11-24-22)20(29)18-6-14(10-31-18)21-19-13(2)8-25-27(19)3-4-30-21/h6,8-12,15,17,21,28H,3-5,7H2,1-2H3,(H,23,24,26)/t12-,15-,17-,21-/m1/s1. The van der Waals surface area contributed by atoms with Crippen LogP contribution in [0.2, 0.25) is 0 Å². The van der Waals surface area contributed by atoms with Gasteiger partial charge in [0.05, 0.1) is 41.6 Å². The van der Waals surface area contributed by atoms with E-state index in [1.807, 2.05) is 36.2 Å². The fraction of sp³-hybridized carbons (Fsp3) is 0.455. The van der Waals surface area contributed by atoms with Crippen molar-refractivity contribution in [3.63, 3.8) is 0 Å². The number of nitrogens with one attached hydrogen (secondary N) is 1. The highest BCUT2D eigenvalue weighted by Crippen LogP contribution is 2.35. The Morgan fingerprint density at radius 1 is 1.35 bits per heavy atom. The lowest BCUT2D eigenvalue weighted by atomic mass is 10.0. The molecule has 31 heavy (non-hydrogen) atoms. The number of aromatic nitrogens is 4. The zero-order valence-electron chi connectivity index (χ0n) is 17.5. The number of aliphatic hydroxyl groups excluding tert-OH is 1. The van der Waals surface area contributed by atoms with Crippen molar-refractivity contribution in [1.82, 2.24) is 19.7 Å². The minimum Gasteiger partial charge on any atom is -0.393 e. The third-order valence-electron chi connectivity index (χ3n) is 6.19. The van der Waals surface area contributed by atoms with Crippen LogP contribution in [0.4, 0.5) is 5.82 Å². The number of carbonyl (C=O) groups is 1. The fourth-order valence-electron chi connectivity index (χ4n) is 4.49. The molecular weight excluding hydrogens is 414 g/mol. The molecule has 9 heteroatoms. The average molecular weight is 440 g/mol. The van der Waals surface area contributed by atoms with Gasteiger partial charge in [0.25, 0.3) is 0 Å². The Labute approximate surface area is 184 Å². The molecule has 8 nitrogen and oxygen atoms in total. The summed E-state index contributed by atoms with van der Waals surface area (Å²) in [5, 5.41) is 19.8. The van der Waals surface area contributed by atoms with Crippen molar-refractivity contribution >= 4 is 22.9 Å². The fourth-order valence-corrected chi connectivity index (χ4v) is 5.36. The summed E-state index contributed by atoms with van der Waals surface area (Å²) in [6.45, 7) is 5.39. The molecule has 5 rings (SSSR count). The van der Waals surface area contributed by atoms with E-state index in [2.05, 4.69) is 20.4 Å². The molecule has 3 aromatic rings. The molecule has 0 bridgehead atoms. The molecule has 0 saturated heterocycles. The summed E-state index contributed by atoms with van der Waals surface area (Å²) < 4.78 is 8.01. The van der Waals surface area contributed by atoms with E-state index < -0.39 is 0 Å². The molecule has 2 aliphatic rings. The summed E-state index contributed by atoms with van der Waals surface area (Å²) >= 11 is 1.40. The summed E-state index contributed by atoms with van der Waals surface area (Å²) in [5.41, 5.74) is 3.52. The van der Waals surface area contributed by atoms with Crippen molar-refractivity contribution in [1.29, 1.82) is 0 Å². The number of fused-ring (bicyclic) bond motifs is 1. The van der Waals surface area contributed by atoms with E-state index in [4.69, 9.17) is 4.74 Å². The normalized spacial score (nSPS) is 25.4. The van der Waals surface area contributed by atoms with Gasteiger partial charge in [0, 0.05) is 12.2 Å². The Morgan fingerprint density at radius 3 is 3.03 bits per heavy atom. The highest BCUT2D eigenvalue weighted by molar-refractivity contribution is 7.12. The molecule has 4 atom stereocenters. The quantitative estimate of drug-likeness (QED) is 0.589. The van der Waals surface area contributed by atoms with Crippen LogP contribution in [0.5, 0.6) is 0 Å². The van der Waals surface area contributed by atoms with Crippen LogP contribution in [0.1, 0.15) is 57.9 Å². The molecule has 0 unspecified atom stereocenters. The number of aryl methyl sites for hydroxylation is 1. The van der Waals surface area contributed by atoms with Crippen LogP contribution in [0, 0.1) is 12.8 Å². The molecule has 0 aromatic carbocycles. The van der Waals surface area contributed by atoms with E-state index in [1.54, 1.807) is 6.20 Å². The number of thiophene rings is 1. The number of nitrogens with zero attached hydrogens (tertiary/aromatic N) is 4. The van der Waals surface area contributed by atoms with Gasteiger partial charge in [-0.05, 0) is 48.3 Å². The second-order valence-electron chi connectivity index (χ2n) is 8.40. The molecule has 0 amide bonds. The zero-order chi connectivity index (χ0) is 21.5. The molecule has 0 spiro atoms. The maximum Gasteiger partial charge on any atom is 0.208 e. The third-order valence-corrected chi connectivity index (χ3v) is 7.14. The SMILES string of the molecule is Cc1cnn2c1[C@@H](c1csc(C(=O)c3cncnc3N[C@@H]3C[C@@H](C)[C@H](O)C3)c1)OCC2. The van der Waals surface area contributed by atoms with Crippen molar-refractivity contribution in [2.45, 2.75) is 51.5 Å². The van der Waals surface area contributed by atoms with Gasteiger partial charge in [-0.3, -0.25) is 9.48 Å². The number of anilines is 1. The highest BCUT2D eigenvalue weighted by atomic mass is 32.1. The van der Waals surface area contributed by atoms with Crippen LogP contribution in [-0.2, 0) is 11.3 Å². The lowest BCUT2D eigenvalue weighted by molar-refractivity contribution is 0.0420. The Morgan fingerprint density at radius 2 is 2.23 bits per heavy atom. The van der Waals surface area contributed by atoms with E-state index >= 15 is 0 Å². The lowest BCUT2D eigenvalue weighted by Gasteiger charge is -2.24. The first-order valence-corrected chi connectivity index (χ1v) is 11.4. The van der Waals surface area contributed by atoms with E-state index in [1.165, 1.54) is 17.7 Å². The smallest absolute Gasteiger partial charge is 0.208 e. The Bertz CT molecular complexity index is 1100. The second-order valence-corrected chi connectivity index (χ2v) is 9.31. The van der Waals surface area contributed by atoms with Crippen LogP contribution in [0.25, 0.3) is 0 Å². The number of carbonyl (C=O) groups excluding carboxylic acids is 1. The molecule has 1 aliphatic carbocycles. The summed E-state index contributed by atoms with van der Waals surface area (Å²) in [6.07, 6.45) is 5.79. The number of hydrogen-bond donors (Lipinski definition) is 2. The topological polar surface area (TPSA) is 102 Å². The molecule has 4 heterocycles. The predicted octanol–water partition coefficient (Wildman–Crippen LogP) is 2.96. The van der Waals surface area contributed by atoms with Gasteiger partial charge < -0.3 is 15.2 Å². The Hall–Kier alpha value is -2.62. The van der Waals surface area contributed by atoms with Crippen LogP contribution in [0.15, 0.2) is 30.2 Å². The number of aliphatic hydroxyl groups is 1. The van der Waals surface area contributed by atoms with Crippen molar-refractivity contribution in [3.05, 3.63) is 57.4 Å². The lowest BCUT2D eigenvalue weighted by Crippen LogP contribution is -2.23. The minimum absolute atomic E-state index is 0.0873. The summed E-state index contributed by atoms with van der Waals surface area (Å²) in [5.74, 6) is 0.627. The molecule has 162 valence electrons. The first kappa shape index (κ1) is 20.3. The van der Waals surface area contributed by atoms with Gasteiger partial charge in [0.2, 0.25) is 5.78 Å². The van der Waals surface area contributed by atoms with Crippen LogP contribution in [-0.4, -0.2) is 49.4 Å². The van der Waals surface area contributed by atoms with Gasteiger partial charge in [-0.2, -0.15) is 5.10 Å². The van der Waals surface area contributed by atoms with Crippen LogP contribution >= 0.6 is 11.3 Å². The van der Waals surface area contributed by atoms with Crippen molar-refractivity contribution in [2.24, 2.45) is 5.92 Å². The van der Waals surface area contributed by atoms with E-state index in [9.17, 15) is 9.90 Å². The molecule has 1 aliphatic heterocycles. The van der Waals surface area contributed by atoms with E-state index in [0.29, 0.717) is 29.3 Å². The number of hydrogen-bond acceptors (Lipinski definition) is 8. The first-order valence-electron chi connectivity index (χ1n) is 10.5. The minimum atomic E-state index is -0.328. The van der Waals surface area contributed by atoms with Gasteiger partial charge in [0.15, 0.2) is 0 Å². The summed E-state index contributed by atoms with van der Waals surface area (Å²) in [6, 6.07) is 1.99. The molecule has 3 aromatic heterocycles. The molecule has 2 N–H and O–H groups in total. The van der Waals surface area contributed by atoms with Gasteiger partial charge in [-0.1, -0.05) is 6.92 Å². The monoisotopic (exact) mass is 439 g/mol. The van der Waals surface area contributed by atoms with Crippen molar-refractivity contribution in [2.75, 3.05) is 11.9 Å². The Kier molecular flexibility index (Phi) is 5.33. The zero-order valence-corrected chi connectivity index (χ0v) is 18.3. The number of ether oxygens (including phenoxy) is 1.